The third kappa shape index (κ3) is 5.22. The van der Waals surface area contributed by atoms with Crippen LogP contribution in [0.4, 0.5) is 23.2 Å². The van der Waals surface area contributed by atoms with E-state index >= 15 is 0 Å². The summed E-state index contributed by atoms with van der Waals surface area (Å²) in [6, 6.07) is 1.08. The first-order chi connectivity index (χ1) is 17.6. The van der Waals surface area contributed by atoms with Crippen LogP contribution in [0.15, 0.2) is 21.9 Å². The second kappa shape index (κ2) is 10.6. The van der Waals surface area contributed by atoms with E-state index in [1.165, 1.54) is 13.3 Å². The predicted molar refractivity (Wildman–Crippen MR) is 113 cm³/mol. The summed E-state index contributed by atoms with van der Waals surface area (Å²) in [5.41, 5.74) is -3.46. The van der Waals surface area contributed by atoms with Crippen molar-refractivity contribution in [2.45, 2.75) is 43.5 Å². The van der Waals surface area contributed by atoms with Crippen molar-refractivity contribution in [1.29, 1.82) is 0 Å². The third-order valence-electron chi connectivity index (χ3n) is 6.11. The minimum Gasteiger partial charge on any atom is -0.485 e. The lowest BCUT2D eigenvalue weighted by Crippen LogP contribution is -2.46. The quantitative estimate of drug-likeness (QED) is 0.176. The highest BCUT2D eigenvalue weighted by Gasteiger charge is 2.45. The number of aromatic nitrogens is 2. The predicted octanol–water partition coefficient (Wildman–Crippen LogP) is 1.91. The summed E-state index contributed by atoms with van der Waals surface area (Å²) in [6.45, 7) is -0.119. The fourth-order valence-corrected chi connectivity index (χ4v) is 4.18. The van der Waals surface area contributed by atoms with Gasteiger partial charge in [-0.05, 0) is 0 Å². The van der Waals surface area contributed by atoms with Gasteiger partial charge in [0, 0.05) is 38.6 Å². The van der Waals surface area contributed by atoms with Crippen LogP contribution in [0, 0.1) is 33.4 Å². The molecule has 0 aliphatic carbocycles. The lowest BCUT2D eigenvalue weighted by Gasteiger charge is -2.38. The number of hydrogen-bond donors (Lipinski definition) is 1. The van der Waals surface area contributed by atoms with Crippen molar-refractivity contribution >= 4 is 5.69 Å². The molecule has 0 unspecified atom stereocenters. The van der Waals surface area contributed by atoms with E-state index < -0.39 is 81.7 Å². The van der Waals surface area contributed by atoms with Gasteiger partial charge in [-0.25, -0.2) is 4.79 Å². The van der Waals surface area contributed by atoms with E-state index in [0.717, 1.165) is 10.6 Å². The molecule has 2 saturated heterocycles. The molecular weight excluding hydrogens is 514 g/mol. The number of nitrogens with one attached hydrogen (secondary N) is 1. The van der Waals surface area contributed by atoms with Gasteiger partial charge in [0.25, 0.3) is 5.56 Å². The molecule has 0 amide bonds. The van der Waals surface area contributed by atoms with E-state index in [1.54, 1.807) is 0 Å². The average molecular weight is 535 g/mol. The molecule has 1 aromatic heterocycles. The van der Waals surface area contributed by atoms with Gasteiger partial charge >= 0.3 is 11.4 Å². The minimum atomic E-state index is -2.24. The van der Waals surface area contributed by atoms with E-state index in [4.69, 9.17) is 23.7 Å². The Hall–Kier alpha value is -3.34. The molecule has 3 heterocycles. The Morgan fingerprint density at radius 3 is 2.38 bits per heavy atom. The molecule has 16 heteroatoms. The van der Waals surface area contributed by atoms with Gasteiger partial charge < -0.3 is 23.7 Å². The Kier molecular flexibility index (Phi) is 7.63. The van der Waals surface area contributed by atoms with Gasteiger partial charge in [-0.3, -0.25) is 24.5 Å². The van der Waals surface area contributed by atoms with Crippen LogP contribution in [0.1, 0.15) is 25.5 Å². The summed E-state index contributed by atoms with van der Waals surface area (Å²) < 4.78 is 85.7. The van der Waals surface area contributed by atoms with E-state index in [1.807, 2.05) is 0 Å². The van der Waals surface area contributed by atoms with Gasteiger partial charge in [0.1, 0.15) is 18.9 Å². The van der Waals surface area contributed by atoms with Crippen LogP contribution < -0.4 is 16.0 Å². The van der Waals surface area contributed by atoms with Gasteiger partial charge in [-0.15, -0.1) is 0 Å². The van der Waals surface area contributed by atoms with E-state index in [0.29, 0.717) is 26.1 Å². The smallest absolute Gasteiger partial charge is 0.346 e. The largest absolute Gasteiger partial charge is 0.485 e. The number of H-pyrrole nitrogens is 1. The molecule has 37 heavy (non-hydrogen) atoms. The van der Waals surface area contributed by atoms with Crippen LogP contribution in [0.2, 0.25) is 0 Å². The van der Waals surface area contributed by atoms with Crippen LogP contribution in [-0.2, 0) is 18.9 Å². The van der Waals surface area contributed by atoms with Crippen molar-refractivity contribution in [2.75, 3.05) is 26.9 Å². The van der Waals surface area contributed by atoms with Gasteiger partial charge in [0.15, 0.2) is 11.5 Å². The van der Waals surface area contributed by atoms with Gasteiger partial charge in [-0.1, -0.05) is 0 Å². The summed E-state index contributed by atoms with van der Waals surface area (Å²) >= 11 is 0. The molecule has 1 aromatic carbocycles. The lowest BCUT2D eigenvalue weighted by atomic mass is 10.1. The van der Waals surface area contributed by atoms with Gasteiger partial charge in [-0.2, -0.15) is 17.6 Å². The number of benzene rings is 1. The van der Waals surface area contributed by atoms with Gasteiger partial charge in [0.05, 0.1) is 24.2 Å². The first-order valence-corrected chi connectivity index (χ1v) is 11.0. The number of nitro groups is 1. The Morgan fingerprint density at radius 2 is 1.81 bits per heavy atom. The number of ether oxygens (including phenoxy) is 5. The Labute approximate surface area is 204 Å². The van der Waals surface area contributed by atoms with Crippen LogP contribution in [0.25, 0.3) is 0 Å². The zero-order valence-electron chi connectivity index (χ0n) is 19.2. The maximum atomic E-state index is 14.4. The van der Waals surface area contributed by atoms with Crippen LogP contribution >= 0.6 is 0 Å². The average Bonchev–Trinajstić information content (AvgIpc) is 3.25. The van der Waals surface area contributed by atoms with E-state index in [2.05, 4.69) is 4.98 Å². The fraction of sp³-hybridized carbons (Fsp3) is 0.524. The Morgan fingerprint density at radius 1 is 1.16 bits per heavy atom. The molecule has 0 bridgehead atoms. The summed E-state index contributed by atoms with van der Waals surface area (Å²) in [6.07, 6.45) is -1.33. The van der Waals surface area contributed by atoms with E-state index in [9.17, 15) is 37.3 Å². The number of rotatable bonds is 8. The number of nitro benzene ring substituents is 1. The molecule has 2 aromatic rings. The summed E-state index contributed by atoms with van der Waals surface area (Å²) in [4.78, 5) is 34.9. The number of halogens is 4. The fourth-order valence-electron chi connectivity index (χ4n) is 4.18. The molecule has 2 fully saturated rings. The van der Waals surface area contributed by atoms with Crippen molar-refractivity contribution in [3.8, 4) is 5.75 Å². The molecule has 4 rings (SSSR count). The van der Waals surface area contributed by atoms with Crippen LogP contribution in [0.5, 0.6) is 5.75 Å². The van der Waals surface area contributed by atoms with Crippen LogP contribution in [-0.4, -0.2) is 59.4 Å². The monoisotopic (exact) mass is 535 g/mol. The highest BCUT2D eigenvalue weighted by molar-refractivity contribution is 5.42. The molecule has 0 spiro atoms. The first-order valence-electron chi connectivity index (χ1n) is 11.0. The second-order valence-corrected chi connectivity index (χ2v) is 8.27. The molecule has 202 valence electrons. The van der Waals surface area contributed by atoms with Crippen molar-refractivity contribution in [3.63, 3.8) is 0 Å². The molecule has 2 aliphatic rings. The zero-order chi connectivity index (χ0) is 26.9. The van der Waals surface area contributed by atoms with Gasteiger partial charge in [0.2, 0.25) is 23.3 Å². The first kappa shape index (κ1) is 26.7. The molecule has 1 N–H and O–H groups in total. The molecular formula is C21H21F4N3O9. The number of nitrogens with zero attached hydrogens (tertiary/aromatic N) is 2. The molecule has 2 aliphatic heterocycles. The van der Waals surface area contributed by atoms with Crippen molar-refractivity contribution < 1.29 is 46.2 Å². The molecule has 0 radical (unpaired) electrons. The molecule has 12 nitrogen and oxygen atoms in total. The lowest BCUT2D eigenvalue weighted by molar-refractivity contribution is -0.390. The van der Waals surface area contributed by atoms with Crippen molar-refractivity contribution in [2.24, 2.45) is 0 Å². The molecule has 0 saturated carbocycles. The van der Waals surface area contributed by atoms with Crippen LogP contribution in [0.3, 0.4) is 0 Å². The van der Waals surface area contributed by atoms with Crippen molar-refractivity contribution in [3.05, 3.63) is 66.5 Å². The topological polar surface area (TPSA) is 144 Å². The standard InChI is InChI=1S/C21H21F4N3O9/c1-33-21(3-6-34-7-4-21)37-10-8-13(27-5-2-12(29)26-20(27)30)36-11(10)9-35-19-16(24)14(22)18(28(31)32)15(23)17(19)25/h2,5,10-11,13H,3-4,6-9H2,1H3,(H,26,29,30)/t10-,11+,13+/m0/s1. The highest BCUT2D eigenvalue weighted by atomic mass is 19.2. The maximum Gasteiger partial charge on any atom is 0.346 e. The van der Waals surface area contributed by atoms with E-state index in [-0.39, 0.29) is 6.42 Å². The third-order valence-corrected chi connectivity index (χ3v) is 6.11. The zero-order valence-corrected chi connectivity index (χ0v) is 19.2. The highest BCUT2D eigenvalue weighted by Crippen LogP contribution is 2.38. The number of hydrogen-bond acceptors (Lipinski definition) is 9. The Bertz CT molecular complexity index is 1270. The summed E-state index contributed by atoms with van der Waals surface area (Å²) in [7, 11) is 1.41. The summed E-state index contributed by atoms with van der Waals surface area (Å²) in [5.74, 6) is -11.3. The number of methoxy groups -OCH3 is 1. The normalized spacial score (nSPS) is 23.2. The number of aromatic amines is 1. The van der Waals surface area contributed by atoms with Crippen molar-refractivity contribution in [1.82, 2.24) is 9.55 Å². The SMILES string of the molecule is COC1(O[C@H]2C[C@H](n3ccc(=O)[nH]c3=O)O[C@@H]2COc2c(F)c(F)c([N+](=O)[O-])c(F)c2F)CCOCC1. The molecule has 3 atom stereocenters. The minimum absolute atomic E-state index is 0.0140. The maximum absolute atomic E-state index is 14.4. The second-order valence-electron chi connectivity index (χ2n) is 8.27. The summed E-state index contributed by atoms with van der Waals surface area (Å²) in [5, 5.41) is 10.8. The Balaban J connectivity index is 1.62.